The molecule has 0 radical (unpaired) electrons. The van der Waals surface area contributed by atoms with E-state index in [1.165, 1.54) is 0 Å². The van der Waals surface area contributed by atoms with Crippen LogP contribution in [0.2, 0.25) is 0 Å². The molecule has 1 aromatic rings. The van der Waals surface area contributed by atoms with Gasteiger partial charge in [-0.1, -0.05) is 0 Å². The highest BCUT2D eigenvalue weighted by molar-refractivity contribution is 9.10. The van der Waals surface area contributed by atoms with E-state index in [9.17, 15) is 9.90 Å². The second-order valence-corrected chi connectivity index (χ2v) is 5.98. The zero-order valence-electron chi connectivity index (χ0n) is 10.8. The number of aromatic nitrogens is 1. The predicted octanol–water partition coefficient (Wildman–Crippen LogP) is 2.43. The Labute approximate surface area is 116 Å². The summed E-state index contributed by atoms with van der Waals surface area (Å²) >= 11 is 3.42. The topological polar surface area (TPSA) is 45.5 Å². The molecule has 5 heteroatoms. The van der Waals surface area contributed by atoms with Crippen molar-refractivity contribution in [3.05, 3.63) is 22.4 Å². The van der Waals surface area contributed by atoms with E-state index in [0.717, 1.165) is 4.47 Å². The fourth-order valence-corrected chi connectivity index (χ4v) is 2.71. The molecule has 0 aliphatic carbocycles. The number of aliphatic hydroxyl groups excluding tert-OH is 1. The Balaban J connectivity index is 2.18. The van der Waals surface area contributed by atoms with Crippen molar-refractivity contribution in [1.82, 2.24) is 9.47 Å². The Kier molecular flexibility index (Phi) is 4.12. The molecule has 1 aromatic heterocycles. The van der Waals surface area contributed by atoms with Gasteiger partial charge in [0, 0.05) is 29.8 Å². The van der Waals surface area contributed by atoms with Gasteiger partial charge in [-0.2, -0.15) is 0 Å². The monoisotopic (exact) mass is 314 g/mol. The van der Waals surface area contributed by atoms with Crippen molar-refractivity contribution >= 4 is 21.8 Å². The molecular weight excluding hydrogens is 296 g/mol. The number of aliphatic hydroxyl groups is 1. The lowest BCUT2D eigenvalue weighted by molar-refractivity contribution is 0.0536. The van der Waals surface area contributed by atoms with Crippen LogP contribution in [0.3, 0.4) is 0 Å². The Bertz CT molecular complexity index is 434. The molecule has 4 nitrogen and oxygen atoms in total. The van der Waals surface area contributed by atoms with Crippen molar-refractivity contribution in [2.45, 2.75) is 38.8 Å². The Morgan fingerprint density at radius 3 is 2.61 bits per heavy atom. The molecule has 1 aliphatic heterocycles. The van der Waals surface area contributed by atoms with E-state index in [1.807, 2.05) is 21.7 Å². The van der Waals surface area contributed by atoms with Crippen LogP contribution in [0.5, 0.6) is 0 Å². The van der Waals surface area contributed by atoms with Gasteiger partial charge in [-0.25, -0.2) is 0 Å². The number of carbonyl (C=O) groups excluding carboxylic acids is 1. The van der Waals surface area contributed by atoms with Gasteiger partial charge < -0.3 is 14.6 Å². The molecule has 18 heavy (non-hydrogen) atoms. The maximum atomic E-state index is 12.4. The number of hydrogen-bond acceptors (Lipinski definition) is 2. The number of carbonyl (C=O) groups is 1. The highest BCUT2D eigenvalue weighted by atomic mass is 79.9. The third-order valence-electron chi connectivity index (χ3n) is 3.34. The van der Waals surface area contributed by atoms with Crippen molar-refractivity contribution in [1.29, 1.82) is 0 Å². The first-order valence-electron chi connectivity index (χ1n) is 6.33. The number of amides is 1. The van der Waals surface area contributed by atoms with Gasteiger partial charge in [0.25, 0.3) is 5.91 Å². The molecule has 1 fully saturated rings. The molecule has 0 spiro atoms. The Hall–Kier alpha value is -0.810. The molecule has 0 saturated carbocycles. The Morgan fingerprint density at radius 1 is 1.44 bits per heavy atom. The fourth-order valence-electron chi connectivity index (χ4n) is 2.28. The van der Waals surface area contributed by atoms with Gasteiger partial charge >= 0.3 is 0 Å². The van der Waals surface area contributed by atoms with Crippen molar-refractivity contribution in [2.24, 2.45) is 0 Å². The highest BCUT2D eigenvalue weighted by Crippen LogP contribution is 2.22. The highest BCUT2D eigenvalue weighted by Gasteiger charge is 2.25. The number of halogens is 1. The summed E-state index contributed by atoms with van der Waals surface area (Å²) < 4.78 is 2.91. The molecule has 0 unspecified atom stereocenters. The first-order chi connectivity index (χ1) is 8.49. The average Bonchev–Trinajstić information content (AvgIpc) is 2.71. The number of hydrogen-bond donors (Lipinski definition) is 1. The molecular formula is C13H19BrN2O2. The van der Waals surface area contributed by atoms with Crippen molar-refractivity contribution in [2.75, 3.05) is 13.1 Å². The molecule has 0 bridgehead atoms. The maximum absolute atomic E-state index is 12.4. The minimum absolute atomic E-state index is 0.0568. The largest absolute Gasteiger partial charge is 0.393 e. The van der Waals surface area contributed by atoms with E-state index in [4.69, 9.17) is 0 Å². The van der Waals surface area contributed by atoms with Crippen molar-refractivity contribution in [3.63, 3.8) is 0 Å². The van der Waals surface area contributed by atoms with Gasteiger partial charge in [0.2, 0.25) is 0 Å². The second kappa shape index (κ2) is 5.45. The van der Waals surface area contributed by atoms with Gasteiger partial charge in [0.15, 0.2) is 0 Å². The van der Waals surface area contributed by atoms with Crippen LogP contribution in [0.25, 0.3) is 0 Å². The molecule has 100 valence electrons. The lowest BCUT2D eigenvalue weighted by Crippen LogP contribution is -2.40. The van der Waals surface area contributed by atoms with Gasteiger partial charge in [-0.3, -0.25) is 4.79 Å². The molecule has 1 saturated heterocycles. The normalized spacial score (nSPS) is 17.5. The zero-order chi connectivity index (χ0) is 13.3. The summed E-state index contributed by atoms with van der Waals surface area (Å²) in [4.78, 5) is 14.3. The van der Waals surface area contributed by atoms with Gasteiger partial charge in [0.1, 0.15) is 5.69 Å². The third kappa shape index (κ3) is 2.78. The SMILES string of the molecule is CC(C)n1cc(Br)cc1C(=O)N1CCC(O)CC1. The summed E-state index contributed by atoms with van der Waals surface area (Å²) in [6.07, 6.45) is 3.04. The van der Waals surface area contributed by atoms with E-state index in [1.54, 1.807) is 0 Å². The van der Waals surface area contributed by atoms with Gasteiger partial charge in [0.05, 0.1) is 6.10 Å². The van der Waals surface area contributed by atoms with E-state index in [-0.39, 0.29) is 18.1 Å². The van der Waals surface area contributed by atoms with E-state index in [2.05, 4.69) is 29.8 Å². The third-order valence-corrected chi connectivity index (χ3v) is 3.78. The van der Waals surface area contributed by atoms with Crippen molar-refractivity contribution in [3.8, 4) is 0 Å². The van der Waals surface area contributed by atoms with E-state index < -0.39 is 0 Å². The second-order valence-electron chi connectivity index (χ2n) is 5.07. The summed E-state index contributed by atoms with van der Waals surface area (Å²) in [5.41, 5.74) is 0.716. The summed E-state index contributed by atoms with van der Waals surface area (Å²) in [5.74, 6) is 0.0568. The molecule has 1 N–H and O–H groups in total. The lowest BCUT2D eigenvalue weighted by atomic mass is 10.1. The minimum Gasteiger partial charge on any atom is -0.393 e. The van der Waals surface area contributed by atoms with Crippen LogP contribution in [0.1, 0.15) is 43.2 Å². The van der Waals surface area contributed by atoms with Gasteiger partial charge in [-0.15, -0.1) is 0 Å². The zero-order valence-corrected chi connectivity index (χ0v) is 12.4. The first kappa shape index (κ1) is 13.6. The van der Waals surface area contributed by atoms with Gasteiger partial charge in [-0.05, 0) is 48.7 Å². The van der Waals surface area contributed by atoms with Crippen LogP contribution < -0.4 is 0 Å². The summed E-state index contributed by atoms with van der Waals surface area (Å²) in [6, 6.07) is 2.12. The fraction of sp³-hybridized carbons (Fsp3) is 0.615. The van der Waals surface area contributed by atoms with Crippen molar-refractivity contribution < 1.29 is 9.90 Å². The minimum atomic E-state index is -0.252. The quantitative estimate of drug-likeness (QED) is 0.911. The van der Waals surface area contributed by atoms with Crippen LogP contribution in [0, 0.1) is 0 Å². The first-order valence-corrected chi connectivity index (χ1v) is 7.13. The predicted molar refractivity (Wildman–Crippen MR) is 73.7 cm³/mol. The lowest BCUT2D eigenvalue weighted by Gasteiger charge is -2.30. The summed E-state index contributed by atoms with van der Waals surface area (Å²) in [5, 5.41) is 9.48. The molecule has 2 heterocycles. The van der Waals surface area contributed by atoms with E-state index >= 15 is 0 Å². The van der Waals surface area contributed by atoms with Crippen LogP contribution in [0.15, 0.2) is 16.7 Å². The smallest absolute Gasteiger partial charge is 0.270 e. The molecule has 1 aliphatic rings. The molecule has 0 atom stereocenters. The molecule has 2 rings (SSSR count). The van der Waals surface area contributed by atoms with Crippen LogP contribution >= 0.6 is 15.9 Å². The summed E-state index contributed by atoms with van der Waals surface area (Å²) in [6.45, 7) is 5.40. The van der Waals surface area contributed by atoms with Crippen LogP contribution in [-0.4, -0.2) is 39.7 Å². The molecule has 1 amide bonds. The number of likely N-dealkylation sites (tertiary alicyclic amines) is 1. The number of piperidine rings is 1. The summed E-state index contributed by atoms with van der Waals surface area (Å²) in [7, 11) is 0. The van der Waals surface area contributed by atoms with Crippen LogP contribution in [-0.2, 0) is 0 Å². The standard InChI is InChI=1S/C13H19BrN2O2/c1-9(2)16-8-10(14)7-12(16)13(18)15-5-3-11(17)4-6-15/h7-9,11,17H,3-6H2,1-2H3. The van der Waals surface area contributed by atoms with E-state index in [0.29, 0.717) is 31.6 Å². The number of rotatable bonds is 2. The average molecular weight is 315 g/mol. The van der Waals surface area contributed by atoms with Crippen LogP contribution in [0.4, 0.5) is 0 Å². The number of nitrogens with zero attached hydrogens (tertiary/aromatic N) is 2. The maximum Gasteiger partial charge on any atom is 0.270 e. The Morgan fingerprint density at radius 2 is 2.06 bits per heavy atom. The molecule has 0 aromatic carbocycles.